The fourth-order valence-corrected chi connectivity index (χ4v) is 2.45. The molecule has 4 heteroatoms. The highest BCUT2D eigenvalue weighted by molar-refractivity contribution is 9.10. The first-order valence-corrected chi connectivity index (χ1v) is 7.77. The summed E-state index contributed by atoms with van der Waals surface area (Å²) < 4.78 is 0.992. The van der Waals surface area contributed by atoms with Crippen molar-refractivity contribution in [3.05, 3.63) is 58.1 Å². The third kappa shape index (κ3) is 4.33. The van der Waals surface area contributed by atoms with Crippen molar-refractivity contribution in [3.8, 4) is 0 Å². The molecule has 21 heavy (non-hydrogen) atoms. The van der Waals surface area contributed by atoms with Crippen molar-refractivity contribution in [1.82, 2.24) is 0 Å². The molecule has 0 spiro atoms. The van der Waals surface area contributed by atoms with Gasteiger partial charge in [-0.1, -0.05) is 41.1 Å². The third-order valence-corrected chi connectivity index (χ3v) is 3.82. The van der Waals surface area contributed by atoms with Crippen LogP contribution in [0.25, 0.3) is 0 Å². The SMILES string of the molecule is CCc1cccc(C)c1NCC(=O)Nc1ccc(Br)cc1. The van der Waals surface area contributed by atoms with E-state index in [-0.39, 0.29) is 12.5 Å². The normalized spacial score (nSPS) is 10.2. The van der Waals surface area contributed by atoms with Crippen LogP contribution >= 0.6 is 15.9 Å². The topological polar surface area (TPSA) is 41.1 Å². The van der Waals surface area contributed by atoms with Gasteiger partial charge in [0.15, 0.2) is 0 Å². The van der Waals surface area contributed by atoms with Crippen LogP contribution in [0.1, 0.15) is 18.1 Å². The molecule has 0 fully saturated rings. The summed E-state index contributed by atoms with van der Waals surface area (Å²) in [6, 6.07) is 13.7. The molecular weight excluding hydrogens is 328 g/mol. The van der Waals surface area contributed by atoms with E-state index in [0.717, 1.165) is 27.8 Å². The first-order valence-electron chi connectivity index (χ1n) is 6.98. The summed E-state index contributed by atoms with van der Waals surface area (Å²) in [6.07, 6.45) is 0.943. The van der Waals surface area contributed by atoms with Gasteiger partial charge >= 0.3 is 0 Å². The van der Waals surface area contributed by atoms with E-state index < -0.39 is 0 Å². The zero-order chi connectivity index (χ0) is 15.2. The van der Waals surface area contributed by atoms with Crippen LogP contribution in [0.2, 0.25) is 0 Å². The predicted molar refractivity (Wildman–Crippen MR) is 91.8 cm³/mol. The highest BCUT2D eigenvalue weighted by atomic mass is 79.9. The Kier molecular flexibility index (Phi) is 5.39. The van der Waals surface area contributed by atoms with Gasteiger partial charge in [0, 0.05) is 15.8 Å². The molecule has 0 bridgehead atoms. The van der Waals surface area contributed by atoms with E-state index in [9.17, 15) is 4.79 Å². The number of anilines is 2. The number of halogens is 1. The lowest BCUT2D eigenvalue weighted by molar-refractivity contribution is -0.114. The summed E-state index contributed by atoms with van der Waals surface area (Å²) in [5.74, 6) is -0.0531. The van der Waals surface area contributed by atoms with Crippen molar-refractivity contribution in [2.45, 2.75) is 20.3 Å². The van der Waals surface area contributed by atoms with Crippen LogP contribution in [0.15, 0.2) is 46.9 Å². The summed E-state index contributed by atoms with van der Waals surface area (Å²) in [6.45, 7) is 4.42. The van der Waals surface area contributed by atoms with Crippen LogP contribution in [0.4, 0.5) is 11.4 Å². The van der Waals surface area contributed by atoms with Gasteiger partial charge in [-0.3, -0.25) is 4.79 Å². The summed E-state index contributed by atoms with van der Waals surface area (Å²) >= 11 is 3.37. The molecule has 0 heterocycles. The maximum Gasteiger partial charge on any atom is 0.243 e. The number of para-hydroxylation sites is 1. The first kappa shape index (κ1) is 15.6. The van der Waals surface area contributed by atoms with E-state index in [2.05, 4.69) is 39.6 Å². The number of carbonyl (C=O) groups is 1. The van der Waals surface area contributed by atoms with Crippen LogP contribution in [0, 0.1) is 6.92 Å². The second kappa shape index (κ2) is 7.27. The van der Waals surface area contributed by atoms with E-state index in [4.69, 9.17) is 0 Å². The van der Waals surface area contributed by atoms with Crippen LogP contribution in [0.3, 0.4) is 0 Å². The number of amides is 1. The summed E-state index contributed by atoms with van der Waals surface area (Å²) in [4.78, 5) is 12.0. The van der Waals surface area contributed by atoms with Crippen molar-refractivity contribution in [2.24, 2.45) is 0 Å². The minimum atomic E-state index is -0.0531. The summed E-state index contributed by atoms with van der Waals surface area (Å²) in [7, 11) is 0. The summed E-state index contributed by atoms with van der Waals surface area (Å²) in [5, 5.41) is 6.12. The quantitative estimate of drug-likeness (QED) is 0.843. The Morgan fingerprint density at radius 2 is 1.86 bits per heavy atom. The number of nitrogens with one attached hydrogen (secondary N) is 2. The fraction of sp³-hybridized carbons (Fsp3) is 0.235. The highest BCUT2D eigenvalue weighted by Gasteiger charge is 2.07. The molecule has 0 aliphatic heterocycles. The molecule has 110 valence electrons. The van der Waals surface area contributed by atoms with Gasteiger partial charge in [0.25, 0.3) is 0 Å². The standard InChI is InChI=1S/C17H19BrN2O/c1-3-13-6-4-5-12(2)17(13)19-11-16(21)20-15-9-7-14(18)8-10-15/h4-10,19H,3,11H2,1-2H3,(H,20,21). The fourth-order valence-electron chi connectivity index (χ4n) is 2.18. The minimum absolute atomic E-state index is 0.0531. The molecule has 2 aromatic rings. The molecule has 2 rings (SSSR count). The van der Waals surface area contributed by atoms with Crippen molar-refractivity contribution < 1.29 is 4.79 Å². The van der Waals surface area contributed by atoms with E-state index in [1.54, 1.807) is 0 Å². The average molecular weight is 347 g/mol. The van der Waals surface area contributed by atoms with Gasteiger partial charge in [-0.05, 0) is 48.7 Å². The minimum Gasteiger partial charge on any atom is -0.376 e. The number of hydrogen-bond donors (Lipinski definition) is 2. The molecule has 0 aromatic heterocycles. The largest absolute Gasteiger partial charge is 0.376 e. The zero-order valence-electron chi connectivity index (χ0n) is 12.2. The Morgan fingerprint density at radius 1 is 1.14 bits per heavy atom. The van der Waals surface area contributed by atoms with Gasteiger partial charge in [0.2, 0.25) is 5.91 Å². The Bertz CT molecular complexity index is 623. The summed E-state index contributed by atoms with van der Waals surface area (Å²) in [5.41, 5.74) is 4.24. The maximum absolute atomic E-state index is 12.0. The van der Waals surface area contributed by atoms with Crippen LogP contribution in [-0.2, 0) is 11.2 Å². The molecule has 2 aromatic carbocycles. The average Bonchev–Trinajstić information content (AvgIpc) is 2.48. The van der Waals surface area contributed by atoms with E-state index >= 15 is 0 Å². The molecular formula is C17H19BrN2O. The Labute approximate surface area is 133 Å². The molecule has 1 amide bonds. The third-order valence-electron chi connectivity index (χ3n) is 3.29. The van der Waals surface area contributed by atoms with Gasteiger partial charge in [-0.2, -0.15) is 0 Å². The second-order valence-electron chi connectivity index (χ2n) is 4.87. The Hall–Kier alpha value is -1.81. The lowest BCUT2D eigenvalue weighted by Gasteiger charge is -2.14. The molecule has 0 saturated heterocycles. The molecule has 0 saturated carbocycles. The number of rotatable bonds is 5. The van der Waals surface area contributed by atoms with Crippen molar-refractivity contribution in [2.75, 3.05) is 17.2 Å². The van der Waals surface area contributed by atoms with Gasteiger partial charge in [0.05, 0.1) is 6.54 Å². The van der Waals surface area contributed by atoms with Gasteiger partial charge < -0.3 is 10.6 Å². The molecule has 0 aliphatic rings. The van der Waals surface area contributed by atoms with E-state index in [0.29, 0.717) is 0 Å². The number of aryl methyl sites for hydroxylation is 2. The first-order chi connectivity index (χ1) is 10.1. The lowest BCUT2D eigenvalue weighted by atomic mass is 10.1. The smallest absolute Gasteiger partial charge is 0.243 e. The van der Waals surface area contributed by atoms with E-state index in [1.165, 1.54) is 5.56 Å². The lowest BCUT2D eigenvalue weighted by Crippen LogP contribution is -2.22. The van der Waals surface area contributed by atoms with Crippen molar-refractivity contribution >= 4 is 33.2 Å². The number of carbonyl (C=O) groups excluding carboxylic acids is 1. The van der Waals surface area contributed by atoms with E-state index in [1.807, 2.05) is 43.3 Å². The molecule has 0 radical (unpaired) electrons. The maximum atomic E-state index is 12.0. The van der Waals surface area contributed by atoms with Gasteiger partial charge in [0.1, 0.15) is 0 Å². The highest BCUT2D eigenvalue weighted by Crippen LogP contribution is 2.20. The number of hydrogen-bond acceptors (Lipinski definition) is 2. The number of benzene rings is 2. The molecule has 3 nitrogen and oxygen atoms in total. The van der Waals surface area contributed by atoms with Crippen LogP contribution in [0.5, 0.6) is 0 Å². The van der Waals surface area contributed by atoms with Gasteiger partial charge in [-0.25, -0.2) is 0 Å². The monoisotopic (exact) mass is 346 g/mol. The van der Waals surface area contributed by atoms with Gasteiger partial charge in [-0.15, -0.1) is 0 Å². The van der Waals surface area contributed by atoms with Crippen molar-refractivity contribution in [1.29, 1.82) is 0 Å². The van der Waals surface area contributed by atoms with Crippen molar-refractivity contribution in [3.63, 3.8) is 0 Å². The molecule has 0 aliphatic carbocycles. The Morgan fingerprint density at radius 3 is 2.52 bits per heavy atom. The second-order valence-corrected chi connectivity index (χ2v) is 5.79. The van der Waals surface area contributed by atoms with Crippen LogP contribution in [-0.4, -0.2) is 12.5 Å². The molecule has 0 unspecified atom stereocenters. The zero-order valence-corrected chi connectivity index (χ0v) is 13.8. The Balaban J connectivity index is 1.97. The molecule has 2 N–H and O–H groups in total. The predicted octanol–water partition coefficient (Wildman–Crippen LogP) is 4.37. The molecule has 0 atom stereocenters. The van der Waals surface area contributed by atoms with Crippen LogP contribution < -0.4 is 10.6 Å².